The molecule has 1 aliphatic rings. The van der Waals surface area contributed by atoms with Gasteiger partial charge in [-0.05, 0) is 37.5 Å². The molecule has 3 atom stereocenters. The van der Waals surface area contributed by atoms with E-state index in [1.165, 1.54) is 12.1 Å². The Kier molecular flexibility index (Phi) is 4.78. The van der Waals surface area contributed by atoms with Crippen molar-refractivity contribution in [3.63, 3.8) is 0 Å². The first-order valence-electron chi connectivity index (χ1n) is 7.80. The molecule has 0 aromatic heterocycles. The Bertz CT molecular complexity index is 606. The van der Waals surface area contributed by atoms with E-state index in [0.29, 0.717) is 18.4 Å². The minimum atomic E-state index is -1.08. The third-order valence-corrected chi connectivity index (χ3v) is 5.13. The van der Waals surface area contributed by atoms with Crippen molar-refractivity contribution < 1.29 is 18.7 Å². The lowest BCUT2D eigenvalue weighted by Gasteiger charge is -2.56. The summed E-state index contributed by atoms with van der Waals surface area (Å²) in [7, 11) is 0. The largest absolute Gasteiger partial charge is 0.392 e. The molecule has 0 heterocycles. The highest BCUT2D eigenvalue weighted by molar-refractivity contribution is 5.89. The molecule has 128 valence electrons. The Hall–Kier alpha value is -1.53. The number of halogens is 2. The van der Waals surface area contributed by atoms with Gasteiger partial charge in [0.15, 0.2) is 11.6 Å². The number of hydrogen-bond acceptors (Lipinski definition) is 3. The first kappa shape index (κ1) is 17.8. The van der Waals surface area contributed by atoms with Crippen LogP contribution in [0.2, 0.25) is 0 Å². The number of aliphatic hydroxyl groups excluding tert-OH is 1. The Labute approximate surface area is 135 Å². The maximum absolute atomic E-state index is 13.2. The van der Waals surface area contributed by atoms with Crippen LogP contribution in [-0.2, 0) is 11.2 Å². The van der Waals surface area contributed by atoms with Gasteiger partial charge in [0.2, 0.25) is 5.91 Å². The predicted octanol–water partition coefficient (Wildman–Crippen LogP) is 1.89. The van der Waals surface area contributed by atoms with Gasteiger partial charge in [0.05, 0.1) is 6.10 Å². The van der Waals surface area contributed by atoms with Crippen LogP contribution < -0.4 is 11.1 Å². The third-order valence-electron chi connectivity index (χ3n) is 5.13. The Morgan fingerprint density at radius 1 is 1.43 bits per heavy atom. The summed E-state index contributed by atoms with van der Waals surface area (Å²) in [5.41, 5.74) is 5.07. The van der Waals surface area contributed by atoms with E-state index >= 15 is 0 Å². The monoisotopic (exact) mass is 326 g/mol. The van der Waals surface area contributed by atoms with Gasteiger partial charge in [-0.15, -0.1) is 0 Å². The van der Waals surface area contributed by atoms with Crippen LogP contribution in [0.4, 0.5) is 8.78 Å². The second-order valence-corrected chi connectivity index (χ2v) is 7.07. The Morgan fingerprint density at radius 2 is 2.09 bits per heavy atom. The van der Waals surface area contributed by atoms with E-state index in [4.69, 9.17) is 5.73 Å². The van der Waals surface area contributed by atoms with E-state index in [0.717, 1.165) is 6.07 Å². The molecular weight excluding hydrogens is 302 g/mol. The molecule has 1 aromatic carbocycles. The molecule has 23 heavy (non-hydrogen) atoms. The predicted molar refractivity (Wildman–Crippen MR) is 83.6 cm³/mol. The van der Waals surface area contributed by atoms with Crippen LogP contribution >= 0.6 is 0 Å². The van der Waals surface area contributed by atoms with E-state index in [2.05, 4.69) is 5.32 Å². The summed E-state index contributed by atoms with van der Waals surface area (Å²) >= 11 is 0. The van der Waals surface area contributed by atoms with Crippen LogP contribution in [-0.4, -0.2) is 28.7 Å². The molecule has 4 nitrogen and oxygen atoms in total. The van der Waals surface area contributed by atoms with E-state index < -0.39 is 28.7 Å². The molecule has 1 fully saturated rings. The number of nitrogens with one attached hydrogen (secondary N) is 1. The van der Waals surface area contributed by atoms with Gasteiger partial charge < -0.3 is 16.2 Å². The van der Waals surface area contributed by atoms with Crippen molar-refractivity contribution in [1.82, 2.24) is 5.32 Å². The number of aryl methyl sites for hydroxylation is 1. The van der Waals surface area contributed by atoms with Crippen LogP contribution in [0.5, 0.6) is 0 Å². The summed E-state index contributed by atoms with van der Waals surface area (Å²) in [4.78, 5) is 12.4. The van der Waals surface area contributed by atoms with Crippen molar-refractivity contribution in [2.75, 3.05) is 0 Å². The lowest BCUT2D eigenvalue weighted by atomic mass is 9.54. The molecule has 0 aliphatic heterocycles. The van der Waals surface area contributed by atoms with Crippen molar-refractivity contribution in [2.45, 2.75) is 57.7 Å². The van der Waals surface area contributed by atoms with Crippen molar-refractivity contribution in [3.05, 3.63) is 35.4 Å². The zero-order valence-electron chi connectivity index (χ0n) is 13.7. The summed E-state index contributed by atoms with van der Waals surface area (Å²) in [5.74, 6) is -2.03. The summed E-state index contributed by atoms with van der Waals surface area (Å²) in [6.07, 6.45) is 0.746. The summed E-state index contributed by atoms with van der Waals surface area (Å²) in [6, 6.07) is 3.63. The van der Waals surface area contributed by atoms with Crippen molar-refractivity contribution in [3.8, 4) is 0 Å². The van der Waals surface area contributed by atoms with Crippen molar-refractivity contribution in [2.24, 2.45) is 11.1 Å². The molecule has 4 N–H and O–H groups in total. The molecule has 1 amide bonds. The molecule has 1 aliphatic carbocycles. The first-order chi connectivity index (χ1) is 10.6. The number of benzene rings is 1. The molecule has 0 saturated heterocycles. The molecule has 1 saturated carbocycles. The van der Waals surface area contributed by atoms with E-state index in [9.17, 15) is 18.7 Å². The second-order valence-electron chi connectivity index (χ2n) is 7.07. The summed E-state index contributed by atoms with van der Waals surface area (Å²) in [6.45, 7) is 5.38. The quantitative estimate of drug-likeness (QED) is 0.773. The molecule has 1 aromatic rings. The molecule has 1 unspecified atom stereocenters. The number of carbonyl (C=O) groups excluding carboxylic acids is 1. The van der Waals surface area contributed by atoms with Crippen LogP contribution in [0.1, 0.15) is 39.2 Å². The smallest absolute Gasteiger partial charge is 0.241 e. The van der Waals surface area contributed by atoms with Gasteiger partial charge in [0.1, 0.15) is 5.54 Å². The number of nitrogens with two attached hydrogens (primary N) is 1. The van der Waals surface area contributed by atoms with Crippen molar-refractivity contribution in [1.29, 1.82) is 0 Å². The molecule has 2 rings (SSSR count). The van der Waals surface area contributed by atoms with Crippen LogP contribution in [0.15, 0.2) is 18.2 Å². The van der Waals surface area contributed by atoms with Gasteiger partial charge in [-0.3, -0.25) is 4.79 Å². The number of aliphatic hydroxyl groups is 1. The highest BCUT2D eigenvalue weighted by Crippen LogP contribution is 2.48. The third kappa shape index (κ3) is 3.23. The van der Waals surface area contributed by atoms with Gasteiger partial charge >= 0.3 is 0 Å². The molecule has 0 spiro atoms. The molecular formula is C17H24F2N2O2. The second kappa shape index (κ2) is 6.17. The average Bonchev–Trinajstić information content (AvgIpc) is 2.48. The number of rotatable bonds is 5. The van der Waals surface area contributed by atoms with Gasteiger partial charge in [-0.2, -0.15) is 0 Å². The maximum atomic E-state index is 13.2. The highest BCUT2D eigenvalue weighted by atomic mass is 19.2. The zero-order chi connectivity index (χ0) is 17.4. The SMILES string of the molecule is CC(CCc1ccc(F)c(F)c1)NC(=O)[C@@]1(N)C[C@H](O)C1(C)C. The summed E-state index contributed by atoms with van der Waals surface area (Å²) in [5, 5.41) is 12.6. The van der Waals surface area contributed by atoms with E-state index in [-0.39, 0.29) is 18.4 Å². The fourth-order valence-electron chi connectivity index (χ4n) is 2.88. The number of hydrogen-bond donors (Lipinski definition) is 3. The number of amides is 1. The minimum Gasteiger partial charge on any atom is -0.392 e. The van der Waals surface area contributed by atoms with Crippen LogP contribution in [0.3, 0.4) is 0 Å². The summed E-state index contributed by atoms with van der Waals surface area (Å²) < 4.78 is 26.0. The normalized spacial score (nSPS) is 27.2. The Morgan fingerprint density at radius 3 is 2.61 bits per heavy atom. The fourth-order valence-corrected chi connectivity index (χ4v) is 2.88. The lowest BCUT2D eigenvalue weighted by molar-refractivity contribution is -0.159. The first-order valence-corrected chi connectivity index (χ1v) is 7.80. The topological polar surface area (TPSA) is 75.4 Å². The van der Waals surface area contributed by atoms with Gasteiger partial charge in [0, 0.05) is 17.9 Å². The zero-order valence-corrected chi connectivity index (χ0v) is 13.7. The Balaban J connectivity index is 1.88. The number of carbonyl (C=O) groups is 1. The minimum absolute atomic E-state index is 0.162. The molecule has 6 heteroatoms. The highest BCUT2D eigenvalue weighted by Gasteiger charge is 2.61. The van der Waals surface area contributed by atoms with Gasteiger partial charge in [-0.25, -0.2) is 8.78 Å². The van der Waals surface area contributed by atoms with E-state index in [1.54, 1.807) is 13.8 Å². The van der Waals surface area contributed by atoms with E-state index in [1.807, 2.05) is 6.92 Å². The molecule has 0 radical (unpaired) electrons. The molecule has 0 bridgehead atoms. The average molecular weight is 326 g/mol. The standard InChI is InChI=1S/C17H24F2N2O2/c1-10(4-5-11-6-7-12(18)13(19)8-11)21-15(23)17(20)9-14(22)16(17,2)3/h6-8,10,14,22H,4-5,9,20H2,1-3H3,(H,21,23)/t10?,14-,17-/m0/s1. The van der Waals surface area contributed by atoms with Gasteiger partial charge in [0.25, 0.3) is 0 Å². The van der Waals surface area contributed by atoms with Gasteiger partial charge in [-0.1, -0.05) is 19.9 Å². The lowest BCUT2D eigenvalue weighted by Crippen LogP contribution is -2.75. The van der Waals surface area contributed by atoms with Crippen LogP contribution in [0.25, 0.3) is 0 Å². The van der Waals surface area contributed by atoms with Crippen LogP contribution in [0, 0.1) is 17.0 Å². The fraction of sp³-hybridized carbons (Fsp3) is 0.588. The van der Waals surface area contributed by atoms with Crippen molar-refractivity contribution >= 4 is 5.91 Å². The maximum Gasteiger partial charge on any atom is 0.241 e.